The van der Waals surface area contributed by atoms with Crippen molar-refractivity contribution in [3.05, 3.63) is 374 Å². The maximum absolute atomic E-state index is 2.76. The van der Waals surface area contributed by atoms with Crippen LogP contribution in [0.25, 0.3) is 149 Å². The molecule has 2 aliphatic rings. The number of fused-ring (bicyclic) bond motifs is 5. The van der Waals surface area contributed by atoms with E-state index >= 15 is 0 Å². The van der Waals surface area contributed by atoms with E-state index in [0.29, 0.717) is 0 Å². The summed E-state index contributed by atoms with van der Waals surface area (Å²) in [7, 11) is 0. The molecule has 568 valence electrons. The first-order valence-corrected chi connectivity index (χ1v) is 42.1. The molecule has 0 radical (unpaired) electrons. The van der Waals surface area contributed by atoms with Gasteiger partial charge in [0.1, 0.15) is 0 Å². The number of anilines is 6. The monoisotopic (exact) mass is 1520 g/mol. The van der Waals surface area contributed by atoms with Crippen molar-refractivity contribution in [2.75, 3.05) is 9.80 Å². The molecule has 0 saturated carbocycles. The second-order valence-electron chi connectivity index (χ2n) is 37.2. The normalized spacial score (nSPS) is 13.0. The van der Waals surface area contributed by atoms with E-state index in [2.05, 4.69) is 449 Å². The topological polar surface area (TPSA) is 11.4 Å². The summed E-state index contributed by atoms with van der Waals surface area (Å²) >= 11 is 0. The molecular formula is C114H94BN3. The van der Waals surface area contributed by atoms with Crippen LogP contribution in [-0.4, -0.2) is 11.3 Å². The Kier molecular flexibility index (Phi) is 16.7. The molecule has 19 aromatic rings. The molecule has 0 spiro atoms. The molecule has 1 aromatic heterocycles. The van der Waals surface area contributed by atoms with Gasteiger partial charge in [0.15, 0.2) is 0 Å². The Bertz CT molecular complexity index is 6560. The highest BCUT2D eigenvalue weighted by Crippen LogP contribution is 2.57. The van der Waals surface area contributed by atoms with Crippen LogP contribution in [0.15, 0.2) is 352 Å². The predicted molar refractivity (Wildman–Crippen MR) is 508 cm³/mol. The second-order valence-corrected chi connectivity index (χ2v) is 37.2. The third-order valence-corrected chi connectivity index (χ3v) is 25.6. The zero-order valence-corrected chi connectivity index (χ0v) is 69.4. The number of nitrogens with zero attached hydrogens (tertiary/aromatic N) is 3. The van der Waals surface area contributed by atoms with Gasteiger partial charge >= 0.3 is 0 Å². The maximum atomic E-state index is 2.76. The van der Waals surface area contributed by atoms with Crippen molar-refractivity contribution in [1.82, 2.24) is 4.57 Å². The Morgan fingerprint density at radius 2 is 0.525 bits per heavy atom. The lowest BCUT2D eigenvalue weighted by Crippen LogP contribution is -2.61. The van der Waals surface area contributed by atoms with Crippen molar-refractivity contribution in [3.8, 4) is 94.7 Å². The highest BCUT2D eigenvalue weighted by atomic mass is 15.2. The largest absolute Gasteiger partial charge is 0.310 e. The minimum Gasteiger partial charge on any atom is -0.310 e. The van der Waals surface area contributed by atoms with Gasteiger partial charge in [-0.15, -0.1) is 0 Å². The summed E-state index contributed by atoms with van der Waals surface area (Å²) in [5.41, 5.74) is 36.8. The van der Waals surface area contributed by atoms with Crippen LogP contribution in [0.1, 0.15) is 105 Å². The van der Waals surface area contributed by atoms with Crippen molar-refractivity contribution >= 4 is 111 Å². The zero-order chi connectivity index (χ0) is 80.4. The summed E-state index contributed by atoms with van der Waals surface area (Å²) in [6.45, 7) is 28.1. The van der Waals surface area contributed by atoms with Crippen molar-refractivity contribution < 1.29 is 0 Å². The Balaban J connectivity index is 0.987. The summed E-state index contributed by atoms with van der Waals surface area (Å²) in [6.07, 6.45) is 0. The van der Waals surface area contributed by atoms with Gasteiger partial charge in [0.05, 0.1) is 28.1 Å². The molecule has 21 rings (SSSR count). The van der Waals surface area contributed by atoms with Crippen molar-refractivity contribution in [1.29, 1.82) is 0 Å². The lowest BCUT2D eigenvalue weighted by Gasteiger charge is -2.46. The molecule has 2 aliphatic heterocycles. The zero-order valence-electron chi connectivity index (χ0n) is 69.4. The van der Waals surface area contributed by atoms with Gasteiger partial charge in [-0.2, -0.15) is 0 Å². The van der Waals surface area contributed by atoms with E-state index in [4.69, 9.17) is 0 Å². The summed E-state index contributed by atoms with van der Waals surface area (Å²) in [5, 5.41) is 10.2. The third-order valence-electron chi connectivity index (χ3n) is 25.6. The van der Waals surface area contributed by atoms with E-state index in [-0.39, 0.29) is 28.4 Å². The van der Waals surface area contributed by atoms with Crippen LogP contribution < -0.4 is 26.2 Å². The molecule has 0 saturated heterocycles. The standard InChI is InChI=1S/C114H94BN3/c1-111(2,3)85-57-81(58-86(67-85)112(4,5)6)79-49-53-96-100(65-79)117(109-92(73-37-23-15-24-38-73)61-83(71-33-19-13-20-34-71)62-93(109)74-39-25-16-26-40-74)102-69-89(116-98-55-51-77-45-31-47-90-91-48-32-46-78-52-56-99(116)107(105(78)91)106(98)104(77)90)70-103-108(102)115(96)97-54-50-80(82-59-87(113(7,8)9)68-88(60-82)114(10,11)12)66-101(97)118(103)110-94(75-41-27-17-28-42-75)63-84(72-35-21-14-22-36-72)64-95(110)76-43-29-18-30-44-76/h13-70H,1-12H3. The molecule has 3 nitrogen and oxygen atoms in total. The van der Waals surface area contributed by atoms with Gasteiger partial charge in [0.25, 0.3) is 6.71 Å². The highest BCUT2D eigenvalue weighted by Gasteiger charge is 2.47. The molecule has 0 atom stereocenters. The van der Waals surface area contributed by atoms with Gasteiger partial charge in [-0.3, -0.25) is 0 Å². The smallest absolute Gasteiger partial charge is 0.252 e. The third kappa shape index (κ3) is 11.9. The van der Waals surface area contributed by atoms with E-state index < -0.39 is 0 Å². The van der Waals surface area contributed by atoms with E-state index in [1.54, 1.807) is 0 Å². The van der Waals surface area contributed by atoms with Gasteiger partial charge in [-0.1, -0.05) is 374 Å². The quantitative estimate of drug-likeness (QED) is 0.0726. The fourth-order valence-electron chi connectivity index (χ4n) is 19.4. The fourth-order valence-corrected chi connectivity index (χ4v) is 19.4. The summed E-state index contributed by atoms with van der Waals surface area (Å²) in [6, 6.07) is 136. The van der Waals surface area contributed by atoms with E-state index in [1.807, 2.05) is 0 Å². The van der Waals surface area contributed by atoms with Crippen molar-refractivity contribution in [2.45, 2.75) is 105 Å². The molecule has 0 fully saturated rings. The van der Waals surface area contributed by atoms with Crippen LogP contribution in [-0.2, 0) is 21.7 Å². The molecule has 18 aromatic carbocycles. The Hall–Kier alpha value is -13.3. The first kappa shape index (κ1) is 72.4. The molecule has 0 N–H and O–H groups in total. The van der Waals surface area contributed by atoms with Gasteiger partial charge in [0.2, 0.25) is 0 Å². The number of aromatic nitrogens is 1. The predicted octanol–water partition coefficient (Wildman–Crippen LogP) is 29.7. The summed E-state index contributed by atoms with van der Waals surface area (Å²) in [4.78, 5) is 5.53. The fraction of sp³-hybridized carbons (Fsp3) is 0.140. The van der Waals surface area contributed by atoms with E-state index in [0.717, 1.165) is 118 Å². The number of hydrogen-bond donors (Lipinski definition) is 0. The van der Waals surface area contributed by atoms with Crippen LogP contribution in [0, 0.1) is 0 Å². The first-order valence-electron chi connectivity index (χ1n) is 42.1. The van der Waals surface area contributed by atoms with Crippen LogP contribution in [0.3, 0.4) is 0 Å². The SMILES string of the molecule is CC(C)(C)c1cc(-c2ccc3c(c2)N(c2c(-c4ccccc4)cc(-c4ccccc4)cc2-c2ccccc2)c2cc(-n4c5ccc6cccc7c8cccc9ccc4c(c98)c5c67)cc4c2B3c2ccc(-c3cc(C(C)(C)C)cc(C(C)(C)C)c3)cc2N4c2c(-c3ccccc3)cc(-c3ccccc3)cc2-c2ccccc2)cc(C(C)(C)C)c1. The maximum Gasteiger partial charge on any atom is 0.252 e. The van der Waals surface area contributed by atoms with Crippen molar-refractivity contribution in [3.63, 3.8) is 0 Å². The molecule has 0 bridgehead atoms. The van der Waals surface area contributed by atoms with Gasteiger partial charge in [-0.05, 0) is 220 Å². The molecule has 0 amide bonds. The lowest BCUT2D eigenvalue weighted by molar-refractivity contribution is 0.568. The number of hydrogen-bond acceptors (Lipinski definition) is 2. The van der Waals surface area contributed by atoms with E-state index in [1.165, 1.54) is 104 Å². The minimum absolute atomic E-state index is 0.132. The minimum atomic E-state index is -0.303. The molecule has 3 heterocycles. The van der Waals surface area contributed by atoms with Gasteiger partial charge in [0, 0.05) is 55.8 Å². The van der Waals surface area contributed by atoms with Crippen molar-refractivity contribution in [2.24, 2.45) is 0 Å². The molecule has 0 unspecified atom stereocenters. The lowest BCUT2D eigenvalue weighted by atomic mass is 9.33. The van der Waals surface area contributed by atoms with Gasteiger partial charge < -0.3 is 14.4 Å². The Morgan fingerprint density at radius 3 is 0.839 bits per heavy atom. The van der Waals surface area contributed by atoms with Gasteiger partial charge in [-0.25, -0.2) is 0 Å². The van der Waals surface area contributed by atoms with E-state index in [9.17, 15) is 0 Å². The van der Waals surface area contributed by atoms with Crippen LogP contribution in [0.2, 0.25) is 0 Å². The van der Waals surface area contributed by atoms with Crippen LogP contribution in [0.4, 0.5) is 34.1 Å². The number of rotatable bonds is 11. The molecule has 118 heavy (non-hydrogen) atoms. The average Bonchev–Trinajstić information content (AvgIpc) is 1.30. The molecule has 0 aliphatic carbocycles. The second kappa shape index (κ2) is 27.2. The highest BCUT2D eigenvalue weighted by molar-refractivity contribution is 7.00. The summed E-state index contributed by atoms with van der Waals surface area (Å²) < 4.78 is 2.66. The van der Waals surface area contributed by atoms with Crippen LogP contribution in [0.5, 0.6) is 0 Å². The van der Waals surface area contributed by atoms with Crippen LogP contribution >= 0.6 is 0 Å². The Morgan fingerprint density at radius 1 is 0.220 bits per heavy atom. The number of benzene rings is 18. The molecular weight excluding hydrogens is 1420 g/mol. The Labute approximate surface area is 694 Å². The first-order chi connectivity index (χ1) is 57.1. The summed E-state index contributed by atoms with van der Waals surface area (Å²) in [5.74, 6) is 0. The molecule has 4 heteroatoms. The average molecular weight is 1520 g/mol.